The van der Waals surface area contributed by atoms with Gasteiger partial charge < -0.3 is 15.2 Å². The molecule has 18 heavy (non-hydrogen) atoms. The zero-order valence-electron chi connectivity index (χ0n) is 10.9. The molecule has 1 saturated carbocycles. The van der Waals surface area contributed by atoms with Crippen LogP contribution in [0.25, 0.3) is 0 Å². The average molecular weight is 247 g/mol. The van der Waals surface area contributed by atoms with Gasteiger partial charge in [0.15, 0.2) is 11.5 Å². The summed E-state index contributed by atoms with van der Waals surface area (Å²) in [7, 11) is 0. The Kier molecular flexibility index (Phi) is 3.16. The van der Waals surface area contributed by atoms with Gasteiger partial charge in [0.2, 0.25) is 0 Å². The van der Waals surface area contributed by atoms with Gasteiger partial charge in [-0.25, -0.2) is 0 Å². The fraction of sp³-hybridized carbons (Fsp3) is 0.600. The Bertz CT molecular complexity index is 433. The summed E-state index contributed by atoms with van der Waals surface area (Å²) in [5, 5.41) is 0. The van der Waals surface area contributed by atoms with E-state index in [1.54, 1.807) is 0 Å². The van der Waals surface area contributed by atoms with Crippen LogP contribution in [0.1, 0.15) is 37.7 Å². The molecular formula is C15H21NO2. The predicted octanol–water partition coefficient (Wildman–Crippen LogP) is 2.69. The van der Waals surface area contributed by atoms with Crippen LogP contribution >= 0.6 is 0 Å². The van der Waals surface area contributed by atoms with Crippen molar-refractivity contribution in [1.29, 1.82) is 0 Å². The summed E-state index contributed by atoms with van der Waals surface area (Å²) in [6, 6.07) is 6.75. The highest BCUT2D eigenvalue weighted by molar-refractivity contribution is 5.45. The van der Waals surface area contributed by atoms with E-state index >= 15 is 0 Å². The van der Waals surface area contributed by atoms with Crippen molar-refractivity contribution < 1.29 is 9.47 Å². The number of fused-ring (bicyclic) bond motifs is 1. The number of benzene rings is 1. The van der Waals surface area contributed by atoms with Crippen LogP contribution in [0, 0.1) is 5.92 Å². The van der Waals surface area contributed by atoms with Crippen molar-refractivity contribution in [1.82, 2.24) is 0 Å². The third-order valence-electron chi connectivity index (χ3n) is 4.26. The summed E-state index contributed by atoms with van der Waals surface area (Å²) in [5.41, 5.74) is 7.42. The maximum atomic E-state index is 6.07. The summed E-state index contributed by atoms with van der Waals surface area (Å²) in [6.45, 7) is 3.72. The standard InChI is InChI=1S/C15H21NO2/c1-2-11-12(9-13(11)16)10-4-5-14-15(8-10)18-7-3-6-17-14/h4-5,8,11-13H,2-3,6-7,9,16H2,1H3. The first kappa shape index (κ1) is 11.8. The molecule has 98 valence electrons. The second-order valence-corrected chi connectivity index (χ2v) is 5.33. The van der Waals surface area contributed by atoms with Crippen LogP contribution in [-0.2, 0) is 0 Å². The molecule has 1 aliphatic heterocycles. The second-order valence-electron chi connectivity index (χ2n) is 5.33. The number of ether oxygens (including phenoxy) is 2. The SMILES string of the molecule is CCC1C(N)CC1c1ccc2c(c1)OCCCO2. The maximum absolute atomic E-state index is 6.07. The van der Waals surface area contributed by atoms with Gasteiger partial charge in [-0.2, -0.15) is 0 Å². The van der Waals surface area contributed by atoms with E-state index in [9.17, 15) is 0 Å². The van der Waals surface area contributed by atoms with Crippen LogP contribution in [0.4, 0.5) is 0 Å². The zero-order valence-corrected chi connectivity index (χ0v) is 10.9. The van der Waals surface area contributed by atoms with E-state index in [-0.39, 0.29) is 0 Å². The summed E-state index contributed by atoms with van der Waals surface area (Å²) in [4.78, 5) is 0. The monoisotopic (exact) mass is 247 g/mol. The lowest BCUT2D eigenvalue weighted by Crippen LogP contribution is -2.45. The van der Waals surface area contributed by atoms with Crippen LogP contribution in [0.15, 0.2) is 18.2 Å². The molecule has 1 aromatic rings. The minimum absolute atomic E-state index is 0.371. The normalized spacial score (nSPS) is 30.4. The van der Waals surface area contributed by atoms with E-state index in [0.29, 0.717) is 17.9 Å². The van der Waals surface area contributed by atoms with Crippen molar-refractivity contribution in [3.63, 3.8) is 0 Å². The van der Waals surface area contributed by atoms with Gasteiger partial charge >= 0.3 is 0 Å². The summed E-state index contributed by atoms with van der Waals surface area (Å²) >= 11 is 0. The first-order valence-electron chi connectivity index (χ1n) is 6.94. The third-order valence-corrected chi connectivity index (χ3v) is 4.26. The van der Waals surface area contributed by atoms with E-state index in [1.807, 2.05) is 6.07 Å². The molecule has 0 radical (unpaired) electrons. The van der Waals surface area contributed by atoms with Crippen LogP contribution in [-0.4, -0.2) is 19.3 Å². The lowest BCUT2D eigenvalue weighted by atomic mass is 9.65. The molecule has 2 N–H and O–H groups in total. The van der Waals surface area contributed by atoms with Crippen molar-refractivity contribution in [2.75, 3.05) is 13.2 Å². The van der Waals surface area contributed by atoms with Gasteiger partial charge in [0.1, 0.15) is 0 Å². The minimum atomic E-state index is 0.371. The van der Waals surface area contributed by atoms with Gasteiger partial charge in [0, 0.05) is 12.5 Å². The Morgan fingerprint density at radius 2 is 2.00 bits per heavy atom. The summed E-state index contributed by atoms with van der Waals surface area (Å²) in [5.74, 6) is 3.00. The molecule has 0 aromatic heterocycles. The molecule has 3 nitrogen and oxygen atoms in total. The predicted molar refractivity (Wildman–Crippen MR) is 71.2 cm³/mol. The molecule has 3 unspecified atom stereocenters. The summed E-state index contributed by atoms with van der Waals surface area (Å²) in [6.07, 6.45) is 3.20. The molecule has 3 atom stereocenters. The quantitative estimate of drug-likeness (QED) is 0.874. The second kappa shape index (κ2) is 4.81. The first-order valence-corrected chi connectivity index (χ1v) is 6.94. The Morgan fingerprint density at radius 1 is 1.22 bits per heavy atom. The molecule has 3 rings (SSSR count). The molecular weight excluding hydrogens is 226 g/mol. The molecule has 0 spiro atoms. The van der Waals surface area contributed by atoms with Gasteiger partial charge in [-0.3, -0.25) is 0 Å². The zero-order chi connectivity index (χ0) is 12.5. The van der Waals surface area contributed by atoms with Crippen LogP contribution in [0.5, 0.6) is 11.5 Å². The van der Waals surface area contributed by atoms with Crippen LogP contribution in [0.3, 0.4) is 0 Å². The minimum Gasteiger partial charge on any atom is -0.490 e. The van der Waals surface area contributed by atoms with Gasteiger partial charge in [-0.15, -0.1) is 0 Å². The van der Waals surface area contributed by atoms with E-state index < -0.39 is 0 Å². The fourth-order valence-electron chi connectivity index (χ4n) is 3.13. The van der Waals surface area contributed by atoms with E-state index in [0.717, 1.165) is 44.0 Å². The van der Waals surface area contributed by atoms with Crippen molar-refractivity contribution >= 4 is 0 Å². The first-order chi connectivity index (χ1) is 8.79. The molecule has 1 fully saturated rings. The molecule has 1 aliphatic carbocycles. The fourth-order valence-corrected chi connectivity index (χ4v) is 3.13. The molecule has 1 heterocycles. The molecule has 1 aromatic carbocycles. The molecule has 0 bridgehead atoms. The number of hydrogen-bond donors (Lipinski definition) is 1. The molecule has 0 saturated heterocycles. The van der Waals surface area contributed by atoms with Gasteiger partial charge in [-0.1, -0.05) is 19.4 Å². The lowest BCUT2D eigenvalue weighted by Gasteiger charge is -2.43. The van der Waals surface area contributed by atoms with Crippen LogP contribution < -0.4 is 15.2 Å². The number of rotatable bonds is 2. The van der Waals surface area contributed by atoms with Crippen molar-refractivity contribution in [2.45, 2.75) is 38.1 Å². The Labute approximate surface area is 108 Å². The number of hydrogen-bond acceptors (Lipinski definition) is 3. The highest BCUT2D eigenvalue weighted by Gasteiger charge is 2.38. The largest absolute Gasteiger partial charge is 0.490 e. The Hall–Kier alpha value is -1.22. The van der Waals surface area contributed by atoms with E-state index in [4.69, 9.17) is 15.2 Å². The van der Waals surface area contributed by atoms with Crippen LogP contribution in [0.2, 0.25) is 0 Å². The maximum Gasteiger partial charge on any atom is 0.161 e. The van der Waals surface area contributed by atoms with Gasteiger partial charge in [0.05, 0.1) is 13.2 Å². The average Bonchev–Trinajstić information content (AvgIpc) is 2.60. The third kappa shape index (κ3) is 1.97. The molecule has 2 aliphatic rings. The van der Waals surface area contributed by atoms with Gasteiger partial charge in [-0.05, 0) is 36.0 Å². The molecule has 0 amide bonds. The summed E-state index contributed by atoms with van der Waals surface area (Å²) < 4.78 is 11.4. The Morgan fingerprint density at radius 3 is 2.72 bits per heavy atom. The highest BCUT2D eigenvalue weighted by atomic mass is 16.5. The van der Waals surface area contributed by atoms with E-state index in [2.05, 4.69) is 19.1 Å². The number of nitrogens with two attached hydrogens (primary N) is 1. The Balaban J connectivity index is 1.84. The molecule has 3 heteroatoms. The van der Waals surface area contributed by atoms with Gasteiger partial charge in [0.25, 0.3) is 0 Å². The van der Waals surface area contributed by atoms with E-state index in [1.165, 1.54) is 5.56 Å². The van der Waals surface area contributed by atoms with Crippen molar-refractivity contribution in [2.24, 2.45) is 11.7 Å². The van der Waals surface area contributed by atoms with Crippen molar-refractivity contribution in [3.05, 3.63) is 23.8 Å². The highest BCUT2D eigenvalue weighted by Crippen LogP contribution is 2.45. The topological polar surface area (TPSA) is 44.5 Å². The van der Waals surface area contributed by atoms with Crippen molar-refractivity contribution in [3.8, 4) is 11.5 Å². The smallest absolute Gasteiger partial charge is 0.161 e. The lowest BCUT2D eigenvalue weighted by molar-refractivity contribution is 0.198.